The highest BCUT2D eigenvalue weighted by molar-refractivity contribution is 5.79. The summed E-state index contributed by atoms with van der Waals surface area (Å²) in [6.07, 6.45) is 2.79. The Balaban J connectivity index is 3.78. The number of carbonyl (C=O) groups excluding carboxylic acids is 4. The largest absolute Gasteiger partial charge is 0.461 e. The average molecular weight is 579 g/mol. The molecule has 0 unspecified atom stereocenters. The topological polar surface area (TPSA) is 142 Å². The summed E-state index contributed by atoms with van der Waals surface area (Å²) >= 11 is 0. The van der Waals surface area contributed by atoms with Crippen LogP contribution in [0.15, 0.2) is 0 Å². The lowest BCUT2D eigenvalue weighted by Gasteiger charge is -2.14. The van der Waals surface area contributed by atoms with Gasteiger partial charge in [-0.2, -0.15) is 0 Å². The van der Waals surface area contributed by atoms with Gasteiger partial charge in [-0.1, -0.05) is 26.7 Å². The Morgan fingerprint density at radius 3 is 1.15 bits per heavy atom. The number of hydrogen-bond acceptors (Lipinski definition) is 12. The summed E-state index contributed by atoms with van der Waals surface area (Å²) in [6, 6.07) is 0. The van der Waals surface area contributed by atoms with Gasteiger partial charge in [0.05, 0.1) is 39.6 Å². The zero-order valence-corrected chi connectivity index (χ0v) is 24.8. The van der Waals surface area contributed by atoms with Crippen molar-refractivity contribution in [3.05, 3.63) is 0 Å². The van der Waals surface area contributed by atoms with Crippen molar-refractivity contribution in [3.63, 3.8) is 0 Å². The van der Waals surface area contributed by atoms with Gasteiger partial charge in [-0.3, -0.25) is 9.59 Å². The average Bonchev–Trinajstić information content (AvgIpc) is 2.93. The Hall–Kier alpha value is -2.28. The lowest BCUT2D eigenvalue weighted by Crippen LogP contribution is -2.28. The first-order valence-electron chi connectivity index (χ1n) is 14.3. The fourth-order valence-corrected chi connectivity index (χ4v) is 2.92. The van der Waals surface area contributed by atoms with E-state index >= 15 is 0 Å². The Morgan fingerprint density at radius 2 is 0.800 bits per heavy atom. The van der Waals surface area contributed by atoms with Crippen LogP contribution in [0, 0.1) is 0 Å². The van der Waals surface area contributed by atoms with Crippen LogP contribution in [0.4, 0.5) is 0 Å². The minimum atomic E-state index is -1.05. The third-order valence-electron chi connectivity index (χ3n) is 5.26. The lowest BCUT2D eigenvalue weighted by molar-refractivity contribution is -0.168. The minimum absolute atomic E-state index is 0.0211. The molecule has 12 heteroatoms. The van der Waals surface area contributed by atoms with Crippen LogP contribution >= 0.6 is 0 Å². The van der Waals surface area contributed by atoms with E-state index in [4.69, 9.17) is 37.9 Å². The zero-order chi connectivity index (χ0) is 29.8. The van der Waals surface area contributed by atoms with Gasteiger partial charge in [0, 0.05) is 26.1 Å². The van der Waals surface area contributed by atoms with Crippen molar-refractivity contribution in [1.29, 1.82) is 0 Å². The molecule has 0 saturated carbocycles. The number of hydrogen-bond donors (Lipinski definition) is 0. The molecule has 234 valence electrons. The normalized spacial score (nSPS) is 12.4. The predicted octanol–water partition coefficient (Wildman–Crippen LogP) is 3.16. The fourth-order valence-electron chi connectivity index (χ4n) is 2.92. The Kier molecular flexibility index (Phi) is 25.4. The first kappa shape index (κ1) is 37.7. The molecule has 0 fully saturated rings. The molecule has 0 heterocycles. The molecule has 40 heavy (non-hydrogen) atoms. The Morgan fingerprint density at radius 1 is 0.475 bits per heavy atom. The lowest BCUT2D eigenvalue weighted by atomic mass is 10.2. The number of ether oxygens (including phenoxy) is 8. The van der Waals surface area contributed by atoms with Crippen molar-refractivity contribution in [2.24, 2.45) is 0 Å². The summed E-state index contributed by atoms with van der Waals surface area (Å²) in [5, 5.41) is 0. The van der Waals surface area contributed by atoms with Crippen molar-refractivity contribution in [3.8, 4) is 0 Å². The molecule has 0 aromatic heterocycles. The van der Waals surface area contributed by atoms with Crippen LogP contribution in [0.3, 0.4) is 0 Å². The SMILES string of the molecule is CCCCOCCOCCOC(=O)[C@H](C)OC(=O)CCCCC(=O)O[C@H](C)C(=O)OCCOCCOCCCC. The van der Waals surface area contributed by atoms with Gasteiger partial charge in [0.1, 0.15) is 13.2 Å². The van der Waals surface area contributed by atoms with Gasteiger partial charge in [0.25, 0.3) is 0 Å². The quantitative estimate of drug-likeness (QED) is 0.0802. The summed E-state index contributed by atoms with van der Waals surface area (Å²) in [5.74, 6) is -2.48. The van der Waals surface area contributed by atoms with Gasteiger partial charge in [0.15, 0.2) is 12.2 Å². The van der Waals surface area contributed by atoms with Crippen molar-refractivity contribution in [2.45, 2.75) is 91.3 Å². The van der Waals surface area contributed by atoms with Crippen molar-refractivity contribution in [1.82, 2.24) is 0 Å². The summed E-state index contributed by atoms with van der Waals surface area (Å²) in [4.78, 5) is 47.8. The molecule has 0 aromatic carbocycles. The van der Waals surface area contributed by atoms with Crippen molar-refractivity contribution >= 4 is 23.9 Å². The van der Waals surface area contributed by atoms with Gasteiger partial charge >= 0.3 is 23.9 Å². The smallest absolute Gasteiger partial charge is 0.347 e. The molecule has 0 radical (unpaired) electrons. The van der Waals surface area contributed by atoms with E-state index in [1.165, 1.54) is 13.8 Å². The van der Waals surface area contributed by atoms with E-state index in [1.807, 2.05) is 0 Å². The Bertz CT molecular complexity index is 614. The van der Waals surface area contributed by atoms with Crippen LogP contribution in [-0.2, 0) is 57.1 Å². The second kappa shape index (κ2) is 26.9. The summed E-state index contributed by atoms with van der Waals surface area (Å²) in [5.41, 5.74) is 0. The monoisotopic (exact) mass is 578 g/mol. The van der Waals surface area contributed by atoms with Gasteiger partial charge in [-0.15, -0.1) is 0 Å². The number of esters is 4. The van der Waals surface area contributed by atoms with Crippen LogP contribution in [0.1, 0.15) is 79.1 Å². The molecular formula is C28H50O12. The highest BCUT2D eigenvalue weighted by Crippen LogP contribution is 2.07. The van der Waals surface area contributed by atoms with E-state index < -0.39 is 36.1 Å². The predicted molar refractivity (Wildman–Crippen MR) is 145 cm³/mol. The molecule has 12 nitrogen and oxygen atoms in total. The van der Waals surface area contributed by atoms with Gasteiger partial charge in [-0.25, -0.2) is 9.59 Å². The maximum absolute atomic E-state index is 12.0. The molecule has 0 saturated heterocycles. The van der Waals surface area contributed by atoms with Crippen LogP contribution in [0.5, 0.6) is 0 Å². The summed E-state index contributed by atoms with van der Waals surface area (Å²) in [6.45, 7) is 10.7. The molecule has 0 rings (SSSR count). The molecule has 0 aromatic rings. The maximum atomic E-state index is 12.0. The van der Waals surface area contributed by atoms with E-state index in [0.29, 0.717) is 52.5 Å². The third kappa shape index (κ3) is 23.6. The van der Waals surface area contributed by atoms with Gasteiger partial charge in [0.2, 0.25) is 0 Å². The Labute approximate surface area is 238 Å². The number of carbonyl (C=O) groups is 4. The van der Waals surface area contributed by atoms with Gasteiger partial charge < -0.3 is 37.9 Å². The molecule has 0 aliphatic heterocycles. The molecule has 0 aliphatic rings. The highest BCUT2D eigenvalue weighted by Gasteiger charge is 2.21. The van der Waals surface area contributed by atoms with Crippen LogP contribution in [0.2, 0.25) is 0 Å². The van der Waals surface area contributed by atoms with E-state index in [1.54, 1.807) is 0 Å². The molecule has 0 spiro atoms. The molecular weight excluding hydrogens is 528 g/mol. The molecule has 2 atom stereocenters. The zero-order valence-electron chi connectivity index (χ0n) is 24.8. The standard InChI is InChI=1S/C28H50O12/c1-5-7-13-33-15-17-35-19-21-37-27(31)23(3)39-25(29)11-9-10-12-26(30)40-24(4)28(32)38-22-20-36-18-16-34-14-8-6-2/h23-24H,5-22H2,1-4H3/t23-,24+. The van der Waals surface area contributed by atoms with E-state index in [-0.39, 0.29) is 39.3 Å². The second-order valence-corrected chi connectivity index (χ2v) is 8.96. The molecule has 0 bridgehead atoms. The van der Waals surface area contributed by atoms with Crippen molar-refractivity contribution < 1.29 is 57.1 Å². The summed E-state index contributed by atoms with van der Waals surface area (Å²) < 4.78 is 41.5. The fraction of sp³-hybridized carbons (Fsp3) is 0.857. The van der Waals surface area contributed by atoms with Crippen LogP contribution in [0.25, 0.3) is 0 Å². The first-order valence-corrected chi connectivity index (χ1v) is 14.3. The van der Waals surface area contributed by atoms with E-state index in [0.717, 1.165) is 25.7 Å². The second-order valence-electron chi connectivity index (χ2n) is 8.96. The minimum Gasteiger partial charge on any atom is -0.461 e. The molecule has 0 N–H and O–H groups in total. The van der Waals surface area contributed by atoms with Crippen LogP contribution < -0.4 is 0 Å². The van der Waals surface area contributed by atoms with Gasteiger partial charge in [-0.05, 0) is 39.5 Å². The maximum Gasteiger partial charge on any atom is 0.347 e. The number of rotatable bonds is 27. The molecule has 0 amide bonds. The van der Waals surface area contributed by atoms with E-state index in [9.17, 15) is 19.2 Å². The van der Waals surface area contributed by atoms with E-state index in [2.05, 4.69) is 13.8 Å². The molecule has 0 aliphatic carbocycles. The summed E-state index contributed by atoms with van der Waals surface area (Å²) in [7, 11) is 0. The van der Waals surface area contributed by atoms with Crippen molar-refractivity contribution in [2.75, 3.05) is 66.1 Å². The number of unbranched alkanes of at least 4 members (excludes halogenated alkanes) is 3. The van der Waals surface area contributed by atoms with Crippen LogP contribution in [-0.4, -0.2) is 102 Å². The third-order valence-corrected chi connectivity index (χ3v) is 5.26. The first-order chi connectivity index (χ1) is 19.3. The highest BCUT2D eigenvalue weighted by atomic mass is 16.6.